The van der Waals surface area contributed by atoms with Crippen molar-refractivity contribution in [1.82, 2.24) is 0 Å². The van der Waals surface area contributed by atoms with E-state index in [4.69, 9.17) is 0 Å². The van der Waals surface area contributed by atoms with Gasteiger partial charge in [-0.15, -0.1) is 0 Å². The Bertz CT molecular complexity index is 159. The van der Waals surface area contributed by atoms with Crippen molar-refractivity contribution in [3.05, 3.63) is 0 Å². The minimum absolute atomic E-state index is 0. The molecular weight excluding hydrogens is 295 g/mol. The molecular formula is C10H21NOPm. The molecule has 2 nitrogen and oxygen atoms in total. The molecule has 0 fully saturated rings. The molecule has 0 bridgehead atoms. The average Bonchev–Trinajstić information content (AvgIpc) is 2.05. The zero-order valence-electron chi connectivity index (χ0n) is 9.17. The third kappa shape index (κ3) is 5.42. The van der Waals surface area contributed by atoms with Crippen LogP contribution in [0.2, 0.25) is 0 Å². The van der Waals surface area contributed by atoms with E-state index >= 15 is 0 Å². The van der Waals surface area contributed by atoms with Crippen LogP contribution in [0.3, 0.4) is 0 Å². The number of hydrogen-bond donors (Lipinski definition) is 1. The first-order valence-corrected chi connectivity index (χ1v) is 4.84. The van der Waals surface area contributed by atoms with Gasteiger partial charge < -0.3 is 5.11 Å². The standard InChI is InChI=1S/C10H21NO.Pm/c1-5-8-10(12,6-2)9(4)11-7-3;/h12H,5-8H2,1-4H3;. The smallest absolute Gasteiger partial charge is 0.102 e. The van der Waals surface area contributed by atoms with Crippen LogP contribution < -0.4 is 0 Å². The minimum atomic E-state index is -0.648. The molecule has 1 N–H and O–H groups in total. The molecule has 0 aliphatic heterocycles. The fourth-order valence-electron chi connectivity index (χ4n) is 1.41. The largest absolute Gasteiger partial charge is 0.384 e. The first-order valence-electron chi connectivity index (χ1n) is 4.84. The van der Waals surface area contributed by atoms with Crippen LogP contribution in [0.5, 0.6) is 0 Å². The van der Waals surface area contributed by atoms with E-state index in [0.29, 0.717) is 0 Å². The summed E-state index contributed by atoms with van der Waals surface area (Å²) in [6.45, 7) is 8.76. The summed E-state index contributed by atoms with van der Waals surface area (Å²) in [4.78, 5) is 4.25. The third-order valence-electron chi connectivity index (χ3n) is 2.32. The second kappa shape index (κ2) is 8.29. The summed E-state index contributed by atoms with van der Waals surface area (Å²) in [6.07, 6.45) is 2.58. The molecule has 13 heavy (non-hydrogen) atoms. The topological polar surface area (TPSA) is 32.6 Å². The first-order chi connectivity index (χ1) is 5.60. The second-order valence-corrected chi connectivity index (χ2v) is 3.19. The number of hydrogen-bond acceptors (Lipinski definition) is 2. The molecule has 0 aliphatic rings. The Kier molecular flexibility index (Phi) is 10.5. The number of aliphatic imine (C=N–C) groups is 1. The van der Waals surface area contributed by atoms with Crippen LogP contribution in [0.15, 0.2) is 4.99 Å². The van der Waals surface area contributed by atoms with Crippen molar-refractivity contribution in [3.8, 4) is 0 Å². The van der Waals surface area contributed by atoms with Gasteiger partial charge in [0.05, 0.1) is 0 Å². The molecule has 0 amide bonds. The van der Waals surface area contributed by atoms with Crippen molar-refractivity contribution >= 4 is 5.71 Å². The Labute approximate surface area is 114 Å². The predicted molar refractivity (Wildman–Crippen MR) is 53.8 cm³/mol. The van der Waals surface area contributed by atoms with E-state index in [-0.39, 0.29) is 40.4 Å². The number of rotatable bonds is 5. The first kappa shape index (κ1) is 16.4. The van der Waals surface area contributed by atoms with Crippen molar-refractivity contribution < 1.29 is 45.5 Å². The molecule has 77 valence electrons. The molecule has 1 atom stereocenters. The molecule has 1 unspecified atom stereocenters. The van der Waals surface area contributed by atoms with Gasteiger partial charge in [0.2, 0.25) is 0 Å². The fourth-order valence-corrected chi connectivity index (χ4v) is 1.41. The van der Waals surface area contributed by atoms with Crippen molar-refractivity contribution in [2.45, 2.75) is 52.6 Å². The Morgan fingerprint density at radius 3 is 2.15 bits per heavy atom. The molecule has 0 aromatic heterocycles. The molecule has 0 saturated carbocycles. The minimum Gasteiger partial charge on any atom is -0.384 e. The van der Waals surface area contributed by atoms with Crippen LogP contribution in [0.1, 0.15) is 47.0 Å². The third-order valence-corrected chi connectivity index (χ3v) is 2.32. The summed E-state index contributed by atoms with van der Waals surface area (Å²) in [5.41, 5.74) is 0.236. The average molecular weight is 316 g/mol. The molecule has 0 aromatic rings. The predicted octanol–water partition coefficient (Wildman–Crippen LogP) is 2.41. The van der Waals surface area contributed by atoms with Crippen molar-refractivity contribution in [3.63, 3.8) is 0 Å². The van der Waals surface area contributed by atoms with E-state index in [9.17, 15) is 5.11 Å². The van der Waals surface area contributed by atoms with Gasteiger partial charge in [0.15, 0.2) is 0 Å². The summed E-state index contributed by atoms with van der Waals surface area (Å²) in [5.74, 6) is 0. The second-order valence-electron chi connectivity index (χ2n) is 3.19. The van der Waals surface area contributed by atoms with Gasteiger partial charge in [0, 0.05) is 52.6 Å². The van der Waals surface area contributed by atoms with Gasteiger partial charge in [-0.1, -0.05) is 20.3 Å². The maximum Gasteiger partial charge on any atom is 0.102 e. The molecule has 0 aromatic carbocycles. The Morgan fingerprint density at radius 1 is 1.31 bits per heavy atom. The molecule has 0 heterocycles. The Morgan fingerprint density at radius 2 is 1.85 bits per heavy atom. The fraction of sp³-hybridized carbons (Fsp3) is 0.900. The van der Waals surface area contributed by atoms with E-state index in [2.05, 4.69) is 11.9 Å². The Hall–Kier alpha value is 0.968. The van der Waals surface area contributed by atoms with Gasteiger partial charge in [-0.05, 0) is 26.7 Å². The van der Waals surface area contributed by atoms with E-state index in [1.807, 2.05) is 20.8 Å². The molecule has 0 aliphatic carbocycles. The van der Waals surface area contributed by atoms with Gasteiger partial charge in [0.1, 0.15) is 5.60 Å². The van der Waals surface area contributed by atoms with Crippen LogP contribution >= 0.6 is 0 Å². The number of aliphatic hydroxyl groups is 1. The summed E-state index contributed by atoms with van der Waals surface area (Å²) in [5, 5.41) is 10.1. The van der Waals surface area contributed by atoms with Crippen molar-refractivity contribution in [2.24, 2.45) is 4.99 Å². The summed E-state index contributed by atoms with van der Waals surface area (Å²) in [6, 6.07) is 0. The quantitative estimate of drug-likeness (QED) is 0.776. The zero-order valence-corrected chi connectivity index (χ0v) is 12.0. The van der Waals surface area contributed by atoms with Gasteiger partial charge in [0.25, 0.3) is 0 Å². The molecule has 1 radical (unpaired) electrons. The van der Waals surface area contributed by atoms with Gasteiger partial charge in [-0.2, -0.15) is 0 Å². The number of nitrogens with zero attached hydrogens (tertiary/aromatic N) is 1. The normalized spacial score (nSPS) is 16.2. The van der Waals surface area contributed by atoms with Crippen LogP contribution in [0.25, 0.3) is 0 Å². The van der Waals surface area contributed by atoms with Gasteiger partial charge in [-0.3, -0.25) is 4.99 Å². The Balaban J connectivity index is 0. The monoisotopic (exact) mass is 316 g/mol. The zero-order chi connectivity index (χ0) is 9.61. The molecule has 3 heteroatoms. The van der Waals surface area contributed by atoms with Gasteiger partial charge >= 0.3 is 0 Å². The SMILES string of the molecule is CCCC(O)(CC)C(C)=NCC.[Pm]. The van der Waals surface area contributed by atoms with E-state index in [1.54, 1.807) is 0 Å². The van der Waals surface area contributed by atoms with Gasteiger partial charge in [-0.25, -0.2) is 0 Å². The van der Waals surface area contributed by atoms with Crippen molar-refractivity contribution in [1.29, 1.82) is 0 Å². The van der Waals surface area contributed by atoms with Crippen LogP contribution in [0, 0.1) is 40.4 Å². The molecule has 0 saturated heterocycles. The van der Waals surface area contributed by atoms with Crippen LogP contribution in [-0.2, 0) is 0 Å². The van der Waals surface area contributed by atoms with Crippen molar-refractivity contribution in [2.75, 3.05) is 6.54 Å². The summed E-state index contributed by atoms with van der Waals surface area (Å²) < 4.78 is 0. The maximum atomic E-state index is 10.1. The molecule has 0 spiro atoms. The summed E-state index contributed by atoms with van der Waals surface area (Å²) in [7, 11) is 0. The van der Waals surface area contributed by atoms with Crippen LogP contribution in [-0.4, -0.2) is 23.0 Å². The summed E-state index contributed by atoms with van der Waals surface area (Å²) >= 11 is 0. The molecule has 0 rings (SSSR count). The van der Waals surface area contributed by atoms with E-state index in [1.165, 1.54) is 0 Å². The van der Waals surface area contributed by atoms with E-state index < -0.39 is 5.60 Å². The maximum absolute atomic E-state index is 10.1. The van der Waals surface area contributed by atoms with E-state index in [0.717, 1.165) is 31.5 Å². The van der Waals surface area contributed by atoms with Crippen LogP contribution in [0.4, 0.5) is 0 Å².